The van der Waals surface area contributed by atoms with Gasteiger partial charge in [0, 0.05) is 15.8 Å². The zero-order chi connectivity index (χ0) is 9.14. The molecule has 0 N–H and O–H groups in total. The second-order valence-electron chi connectivity index (χ2n) is 2.65. The topological polar surface area (TPSA) is 17.1 Å². The second-order valence-corrected chi connectivity index (χ2v) is 4.03. The molecule has 3 heteroatoms. The third kappa shape index (κ3) is 2.64. The van der Waals surface area contributed by atoms with Crippen molar-refractivity contribution in [1.29, 1.82) is 0 Å². The number of benzene rings is 1. The molecule has 0 heterocycles. The zero-order valence-corrected chi connectivity index (χ0v) is 9.15. The van der Waals surface area contributed by atoms with Gasteiger partial charge in [0.1, 0.15) is 5.78 Å². The normalized spacial score (nSPS) is 9.92. The molecule has 0 fully saturated rings. The summed E-state index contributed by atoms with van der Waals surface area (Å²) in [7, 11) is 0. The molecule has 0 radical (unpaired) electrons. The highest BCUT2D eigenvalue weighted by Gasteiger charge is 2.02. The predicted molar refractivity (Wildman–Crippen MR) is 55.8 cm³/mol. The summed E-state index contributed by atoms with van der Waals surface area (Å²) in [6, 6.07) is 5.69. The smallest absolute Gasteiger partial charge is 0.134 e. The van der Waals surface area contributed by atoms with Crippen LogP contribution in [0.1, 0.15) is 12.5 Å². The molecule has 1 rings (SSSR count). The summed E-state index contributed by atoms with van der Waals surface area (Å²) in [6.45, 7) is 1.58. The summed E-state index contributed by atoms with van der Waals surface area (Å²) in [5.41, 5.74) is 0.995. The minimum absolute atomic E-state index is 0.162. The van der Waals surface area contributed by atoms with Crippen LogP contribution in [-0.2, 0) is 11.2 Å². The van der Waals surface area contributed by atoms with Gasteiger partial charge in [0.25, 0.3) is 0 Å². The summed E-state index contributed by atoms with van der Waals surface area (Å²) >= 11 is 7.56. The predicted octanol–water partition coefficient (Wildman–Crippen LogP) is 2.87. The monoisotopic (exact) mass is 244 g/mol. The zero-order valence-electron chi connectivity index (χ0n) is 6.67. The fourth-order valence-electron chi connectivity index (χ4n) is 0.965. The van der Waals surface area contributed by atoms with Crippen molar-refractivity contribution in [2.45, 2.75) is 18.2 Å². The lowest BCUT2D eigenvalue weighted by Gasteiger charge is -2.02. The highest BCUT2D eigenvalue weighted by atomic mass is 79.9. The van der Waals surface area contributed by atoms with Crippen molar-refractivity contribution in [3.63, 3.8) is 0 Å². The molecule has 0 aliphatic carbocycles. The van der Waals surface area contributed by atoms with Crippen LogP contribution in [0.5, 0.6) is 0 Å². The third-order valence-electron chi connectivity index (χ3n) is 1.47. The van der Waals surface area contributed by atoms with Gasteiger partial charge in [0.2, 0.25) is 0 Å². The first kappa shape index (κ1) is 9.81. The van der Waals surface area contributed by atoms with Crippen LogP contribution >= 0.6 is 28.6 Å². The lowest BCUT2D eigenvalue weighted by atomic mass is 10.1. The number of carbonyl (C=O) groups is 1. The van der Waals surface area contributed by atoms with Gasteiger partial charge in [-0.1, -0.05) is 15.9 Å². The van der Waals surface area contributed by atoms with Crippen molar-refractivity contribution in [1.82, 2.24) is 0 Å². The van der Waals surface area contributed by atoms with Crippen molar-refractivity contribution in [3.05, 3.63) is 28.2 Å². The van der Waals surface area contributed by atoms with Crippen molar-refractivity contribution >= 4 is 34.3 Å². The molecule has 64 valence electrons. The molecular weight excluding hydrogens is 236 g/mol. The van der Waals surface area contributed by atoms with Gasteiger partial charge in [-0.25, -0.2) is 0 Å². The first-order valence-corrected chi connectivity index (χ1v) is 4.80. The maximum atomic E-state index is 10.8. The number of carbonyl (C=O) groups excluding carboxylic acids is 1. The number of rotatable bonds is 2. The van der Waals surface area contributed by atoms with Gasteiger partial charge in [-0.3, -0.25) is 4.79 Å². The van der Waals surface area contributed by atoms with Crippen LogP contribution in [0.15, 0.2) is 27.6 Å². The molecule has 0 unspecified atom stereocenters. The van der Waals surface area contributed by atoms with Crippen molar-refractivity contribution < 1.29 is 4.79 Å². The summed E-state index contributed by atoms with van der Waals surface area (Å²) < 4.78 is 0.968. The quantitative estimate of drug-likeness (QED) is 0.793. The standard InChI is InChI=1S/C9H9BrOS/c1-6(11)4-7-5-8(12)2-3-9(7)10/h2-3,5,12H,4H2,1H3. The van der Waals surface area contributed by atoms with Gasteiger partial charge in [-0.05, 0) is 30.7 Å². The molecule has 0 bridgehead atoms. The molecule has 0 saturated carbocycles. The Labute approximate surface area is 85.7 Å². The van der Waals surface area contributed by atoms with Crippen LogP contribution in [0, 0.1) is 0 Å². The van der Waals surface area contributed by atoms with E-state index in [0.717, 1.165) is 14.9 Å². The third-order valence-corrected chi connectivity index (χ3v) is 2.52. The Balaban J connectivity index is 2.97. The molecule has 0 aliphatic heterocycles. The number of ketones is 1. The maximum absolute atomic E-state index is 10.8. The van der Waals surface area contributed by atoms with Crippen molar-refractivity contribution in [3.8, 4) is 0 Å². The number of halogens is 1. The molecule has 1 aromatic rings. The number of thiol groups is 1. The molecule has 1 nitrogen and oxygen atoms in total. The van der Waals surface area contributed by atoms with Crippen LogP contribution < -0.4 is 0 Å². The van der Waals surface area contributed by atoms with Crippen LogP contribution in [-0.4, -0.2) is 5.78 Å². The van der Waals surface area contributed by atoms with Gasteiger partial charge >= 0.3 is 0 Å². The lowest BCUT2D eigenvalue weighted by molar-refractivity contribution is -0.116. The largest absolute Gasteiger partial charge is 0.300 e. The van der Waals surface area contributed by atoms with Gasteiger partial charge in [-0.2, -0.15) is 0 Å². The van der Waals surface area contributed by atoms with E-state index in [1.807, 2.05) is 18.2 Å². The minimum atomic E-state index is 0.162. The Morgan fingerprint density at radius 2 is 2.25 bits per heavy atom. The van der Waals surface area contributed by atoms with Crippen molar-refractivity contribution in [2.24, 2.45) is 0 Å². The summed E-state index contributed by atoms with van der Waals surface area (Å²) in [4.78, 5) is 11.7. The molecule has 0 amide bonds. The molecule has 0 saturated heterocycles. The Morgan fingerprint density at radius 1 is 1.58 bits per heavy atom. The number of Topliss-reactive ketones (excluding diaryl/α,β-unsaturated/α-hetero) is 1. The van der Waals surface area contributed by atoms with E-state index < -0.39 is 0 Å². The van der Waals surface area contributed by atoms with E-state index in [-0.39, 0.29) is 5.78 Å². The maximum Gasteiger partial charge on any atom is 0.134 e. The van der Waals surface area contributed by atoms with E-state index in [4.69, 9.17) is 0 Å². The molecule has 0 spiro atoms. The average Bonchev–Trinajstić information content (AvgIpc) is 1.96. The van der Waals surface area contributed by atoms with Crippen molar-refractivity contribution in [2.75, 3.05) is 0 Å². The average molecular weight is 245 g/mol. The van der Waals surface area contributed by atoms with Crippen LogP contribution in [0.3, 0.4) is 0 Å². The fourth-order valence-corrected chi connectivity index (χ4v) is 1.58. The second kappa shape index (κ2) is 4.10. The van der Waals surface area contributed by atoms with Crippen LogP contribution in [0.2, 0.25) is 0 Å². The molecular formula is C9H9BrOS. The summed E-state index contributed by atoms with van der Waals surface area (Å²) in [6.07, 6.45) is 0.467. The molecule has 0 atom stereocenters. The molecule has 12 heavy (non-hydrogen) atoms. The highest BCUT2D eigenvalue weighted by Crippen LogP contribution is 2.20. The highest BCUT2D eigenvalue weighted by molar-refractivity contribution is 9.10. The van der Waals surface area contributed by atoms with E-state index in [9.17, 15) is 4.79 Å². The Bertz CT molecular complexity index is 309. The summed E-state index contributed by atoms with van der Waals surface area (Å²) in [5.74, 6) is 0.162. The van der Waals surface area contributed by atoms with Gasteiger partial charge < -0.3 is 0 Å². The number of hydrogen-bond donors (Lipinski definition) is 1. The van der Waals surface area contributed by atoms with Gasteiger partial charge in [0.15, 0.2) is 0 Å². The van der Waals surface area contributed by atoms with Crippen LogP contribution in [0.4, 0.5) is 0 Å². The Kier molecular flexibility index (Phi) is 3.35. The SMILES string of the molecule is CC(=O)Cc1cc(S)ccc1Br. The Morgan fingerprint density at radius 3 is 2.83 bits per heavy atom. The van der Waals surface area contributed by atoms with Gasteiger partial charge in [0.05, 0.1) is 0 Å². The Hall–Kier alpha value is -0.280. The van der Waals surface area contributed by atoms with E-state index in [1.54, 1.807) is 6.92 Å². The van der Waals surface area contributed by atoms with Crippen LogP contribution in [0.25, 0.3) is 0 Å². The lowest BCUT2D eigenvalue weighted by Crippen LogP contribution is -1.96. The molecule has 1 aromatic carbocycles. The molecule has 0 aliphatic rings. The van der Waals surface area contributed by atoms with E-state index in [1.165, 1.54) is 0 Å². The number of hydrogen-bond acceptors (Lipinski definition) is 2. The first-order valence-electron chi connectivity index (χ1n) is 3.56. The first-order chi connectivity index (χ1) is 5.59. The van der Waals surface area contributed by atoms with E-state index in [2.05, 4.69) is 28.6 Å². The minimum Gasteiger partial charge on any atom is -0.300 e. The van der Waals surface area contributed by atoms with E-state index in [0.29, 0.717) is 6.42 Å². The summed E-state index contributed by atoms with van der Waals surface area (Å²) in [5, 5.41) is 0. The molecule has 0 aromatic heterocycles. The van der Waals surface area contributed by atoms with Gasteiger partial charge in [-0.15, -0.1) is 12.6 Å². The van der Waals surface area contributed by atoms with E-state index >= 15 is 0 Å². The fraction of sp³-hybridized carbons (Fsp3) is 0.222.